The van der Waals surface area contributed by atoms with E-state index in [0.29, 0.717) is 5.41 Å². The molecule has 0 aromatic heterocycles. The van der Waals surface area contributed by atoms with Crippen molar-refractivity contribution in [2.45, 2.75) is 39.5 Å². The SMILES string of the molecule is CCc1ccc(C2CC2(C)C)cc1. The van der Waals surface area contributed by atoms with Crippen LogP contribution < -0.4 is 0 Å². The van der Waals surface area contributed by atoms with Gasteiger partial charge >= 0.3 is 0 Å². The third-order valence-electron chi connectivity index (χ3n) is 3.30. The molecule has 1 aromatic carbocycles. The maximum Gasteiger partial charge on any atom is -0.0105 e. The molecule has 0 heterocycles. The van der Waals surface area contributed by atoms with Crippen molar-refractivity contribution < 1.29 is 0 Å². The molecule has 0 N–H and O–H groups in total. The third-order valence-corrected chi connectivity index (χ3v) is 3.30. The van der Waals surface area contributed by atoms with Crippen LogP contribution in [0.15, 0.2) is 24.3 Å². The van der Waals surface area contributed by atoms with Crippen molar-refractivity contribution in [2.75, 3.05) is 0 Å². The van der Waals surface area contributed by atoms with E-state index in [1.165, 1.54) is 17.5 Å². The molecule has 0 amide bonds. The van der Waals surface area contributed by atoms with E-state index < -0.39 is 0 Å². The molecule has 1 unspecified atom stereocenters. The Balaban J connectivity index is 2.16. The average Bonchev–Trinajstić information content (AvgIpc) is 2.76. The van der Waals surface area contributed by atoms with Gasteiger partial charge in [-0.3, -0.25) is 0 Å². The Morgan fingerprint density at radius 2 is 1.77 bits per heavy atom. The molecule has 1 aliphatic rings. The summed E-state index contributed by atoms with van der Waals surface area (Å²) in [7, 11) is 0. The van der Waals surface area contributed by atoms with Gasteiger partial charge in [0.2, 0.25) is 0 Å². The molecule has 1 aliphatic carbocycles. The highest BCUT2D eigenvalue weighted by Crippen LogP contribution is 2.58. The second kappa shape index (κ2) is 2.87. The Hall–Kier alpha value is -0.780. The highest BCUT2D eigenvalue weighted by Gasteiger charge is 2.46. The van der Waals surface area contributed by atoms with Crippen molar-refractivity contribution in [3.05, 3.63) is 35.4 Å². The minimum atomic E-state index is 0.563. The van der Waals surface area contributed by atoms with Crippen LogP contribution in [0, 0.1) is 5.41 Å². The summed E-state index contributed by atoms with van der Waals surface area (Å²) in [5.41, 5.74) is 3.54. The van der Waals surface area contributed by atoms with Crippen LogP contribution in [0.3, 0.4) is 0 Å². The highest BCUT2D eigenvalue weighted by atomic mass is 14.5. The summed E-state index contributed by atoms with van der Waals surface area (Å²) in [6.07, 6.45) is 2.51. The number of hydrogen-bond acceptors (Lipinski definition) is 0. The summed E-state index contributed by atoms with van der Waals surface area (Å²) in [4.78, 5) is 0. The molecule has 1 saturated carbocycles. The Bertz CT molecular complexity index is 292. The quantitative estimate of drug-likeness (QED) is 0.640. The van der Waals surface area contributed by atoms with Crippen LogP contribution in [0.2, 0.25) is 0 Å². The van der Waals surface area contributed by atoms with Crippen LogP contribution in [0.4, 0.5) is 0 Å². The van der Waals surface area contributed by atoms with E-state index in [-0.39, 0.29) is 0 Å². The van der Waals surface area contributed by atoms with Crippen LogP contribution in [0.5, 0.6) is 0 Å². The minimum absolute atomic E-state index is 0.563. The molecular formula is C13H18. The van der Waals surface area contributed by atoms with Gasteiger partial charge in [-0.15, -0.1) is 0 Å². The molecule has 0 saturated heterocycles. The van der Waals surface area contributed by atoms with E-state index >= 15 is 0 Å². The molecule has 1 atom stereocenters. The van der Waals surface area contributed by atoms with Gasteiger partial charge in [0.25, 0.3) is 0 Å². The van der Waals surface area contributed by atoms with Gasteiger partial charge < -0.3 is 0 Å². The van der Waals surface area contributed by atoms with Gasteiger partial charge in [-0.1, -0.05) is 45.0 Å². The molecule has 0 radical (unpaired) electrons. The maximum absolute atomic E-state index is 2.35. The van der Waals surface area contributed by atoms with E-state index in [4.69, 9.17) is 0 Å². The lowest BCUT2D eigenvalue weighted by Crippen LogP contribution is -1.90. The fraction of sp³-hybridized carbons (Fsp3) is 0.538. The zero-order valence-corrected chi connectivity index (χ0v) is 8.80. The van der Waals surface area contributed by atoms with Crippen LogP contribution in [0.25, 0.3) is 0 Å². The smallest absolute Gasteiger partial charge is 0.0105 e. The summed E-state index contributed by atoms with van der Waals surface area (Å²) in [6, 6.07) is 9.14. The first-order valence-electron chi connectivity index (χ1n) is 5.22. The average molecular weight is 174 g/mol. The van der Waals surface area contributed by atoms with Crippen molar-refractivity contribution in [1.82, 2.24) is 0 Å². The van der Waals surface area contributed by atoms with Crippen LogP contribution >= 0.6 is 0 Å². The van der Waals surface area contributed by atoms with Crippen molar-refractivity contribution >= 4 is 0 Å². The molecule has 2 rings (SSSR count). The molecule has 70 valence electrons. The fourth-order valence-corrected chi connectivity index (χ4v) is 2.02. The number of hydrogen-bond donors (Lipinski definition) is 0. The number of benzene rings is 1. The van der Waals surface area contributed by atoms with Crippen molar-refractivity contribution in [3.63, 3.8) is 0 Å². The Labute approximate surface area is 81.0 Å². The lowest BCUT2D eigenvalue weighted by molar-refractivity contribution is 0.621. The minimum Gasteiger partial charge on any atom is -0.0613 e. The Morgan fingerprint density at radius 3 is 2.15 bits per heavy atom. The molecule has 0 bridgehead atoms. The maximum atomic E-state index is 2.35. The summed E-state index contributed by atoms with van der Waals surface area (Å²) >= 11 is 0. The topological polar surface area (TPSA) is 0 Å². The first-order chi connectivity index (χ1) is 6.13. The molecule has 0 heteroatoms. The molecule has 0 nitrogen and oxygen atoms in total. The second-order valence-corrected chi connectivity index (χ2v) is 4.84. The van der Waals surface area contributed by atoms with Crippen molar-refractivity contribution in [3.8, 4) is 0 Å². The van der Waals surface area contributed by atoms with Gasteiger partial charge in [0.15, 0.2) is 0 Å². The van der Waals surface area contributed by atoms with Gasteiger partial charge in [0.1, 0.15) is 0 Å². The predicted molar refractivity (Wildman–Crippen MR) is 57.0 cm³/mol. The van der Waals surface area contributed by atoms with E-state index in [2.05, 4.69) is 45.0 Å². The molecule has 1 aromatic rings. The summed E-state index contributed by atoms with van der Waals surface area (Å²) in [6.45, 7) is 6.91. The first kappa shape index (κ1) is 8.80. The fourth-order valence-electron chi connectivity index (χ4n) is 2.02. The van der Waals surface area contributed by atoms with E-state index in [1.54, 1.807) is 0 Å². The standard InChI is InChI=1S/C13H18/c1-4-10-5-7-11(8-6-10)12-9-13(12,2)3/h5-8,12H,4,9H2,1-3H3. The predicted octanol–water partition coefficient (Wildman–Crippen LogP) is 3.76. The lowest BCUT2D eigenvalue weighted by Gasteiger charge is -2.04. The van der Waals surface area contributed by atoms with Crippen molar-refractivity contribution in [2.24, 2.45) is 5.41 Å². The number of aryl methyl sites for hydroxylation is 1. The molecular weight excluding hydrogens is 156 g/mol. The third kappa shape index (κ3) is 1.63. The van der Waals surface area contributed by atoms with Gasteiger partial charge in [0.05, 0.1) is 0 Å². The highest BCUT2D eigenvalue weighted by molar-refractivity contribution is 5.31. The van der Waals surface area contributed by atoms with Crippen LogP contribution in [0.1, 0.15) is 44.2 Å². The summed E-state index contributed by atoms with van der Waals surface area (Å²) in [5.74, 6) is 0.818. The first-order valence-corrected chi connectivity index (χ1v) is 5.22. The van der Waals surface area contributed by atoms with Gasteiger partial charge in [-0.2, -0.15) is 0 Å². The Morgan fingerprint density at radius 1 is 1.23 bits per heavy atom. The molecule has 13 heavy (non-hydrogen) atoms. The molecule has 0 aliphatic heterocycles. The van der Waals surface area contributed by atoms with Crippen molar-refractivity contribution in [1.29, 1.82) is 0 Å². The lowest BCUT2D eigenvalue weighted by atomic mass is 10.0. The van der Waals surface area contributed by atoms with Gasteiger partial charge in [-0.25, -0.2) is 0 Å². The zero-order valence-electron chi connectivity index (χ0n) is 8.80. The molecule has 0 spiro atoms. The van der Waals surface area contributed by atoms with Crippen LogP contribution in [-0.4, -0.2) is 0 Å². The monoisotopic (exact) mass is 174 g/mol. The normalized spacial score (nSPS) is 24.4. The summed E-state index contributed by atoms with van der Waals surface area (Å²) in [5, 5.41) is 0. The van der Waals surface area contributed by atoms with E-state index in [9.17, 15) is 0 Å². The zero-order chi connectivity index (χ0) is 9.47. The van der Waals surface area contributed by atoms with Gasteiger partial charge in [-0.05, 0) is 35.3 Å². The summed E-state index contributed by atoms with van der Waals surface area (Å²) < 4.78 is 0. The van der Waals surface area contributed by atoms with Crippen LogP contribution in [-0.2, 0) is 6.42 Å². The largest absolute Gasteiger partial charge is 0.0613 e. The number of rotatable bonds is 2. The second-order valence-electron chi connectivity index (χ2n) is 4.84. The van der Waals surface area contributed by atoms with E-state index in [0.717, 1.165) is 12.3 Å². The molecule has 1 fully saturated rings. The Kier molecular flexibility index (Phi) is 1.94. The van der Waals surface area contributed by atoms with E-state index in [1.807, 2.05) is 0 Å². The van der Waals surface area contributed by atoms with Gasteiger partial charge in [0, 0.05) is 0 Å².